The van der Waals surface area contributed by atoms with E-state index in [2.05, 4.69) is 141 Å². The van der Waals surface area contributed by atoms with Crippen LogP contribution in [0.1, 0.15) is 11.1 Å². The lowest BCUT2D eigenvalue weighted by atomic mass is 10.0. The molecule has 0 nitrogen and oxygen atoms in total. The number of benzene rings is 5. The third-order valence-corrected chi connectivity index (χ3v) is 8.62. The molecule has 5 aromatic rings. The average molecular weight is 443 g/mol. The Labute approximate surface area is 198 Å². The largest absolute Gasteiger partial charge is 0.0622 e. The van der Waals surface area contributed by atoms with Gasteiger partial charge in [-0.1, -0.05) is 127 Å². The van der Waals surface area contributed by atoms with E-state index in [4.69, 9.17) is 0 Å². The summed E-state index contributed by atoms with van der Waals surface area (Å²) < 4.78 is 0. The van der Waals surface area contributed by atoms with Gasteiger partial charge in [0.25, 0.3) is 0 Å². The minimum absolute atomic E-state index is 0.624. The molecule has 0 unspecified atom stereocenters. The van der Waals surface area contributed by atoms with E-state index in [1.165, 1.54) is 49.3 Å². The van der Waals surface area contributed by atoms with Gasteiger partial charge in [-0.15, -0.1) is 0 Å². The predicted molar refractivity (Wildman–Crippen MR) is 145 cm³/mol. The monoisotopic (exact) mass is 442 g/mol. The van der Waals surface area contributed by atoms with Gasteiger partial charge < -0.3 is 0 Å². The lowest BCUT2D eigenvalue weighted by Crippen LogP contribution is -2.20. The van der Waals surface area contributed by atoms with Crippen LogP contribution in [0, 0.1) is 13.8 Å². The molecule has 0 aliphatic carbocycles. The topological polar surface area (TPSA) is 0 Å². The zero-order chi connectivity index (χ0) is 22.6. The van der Waals surface area contributed by atoms with E-state index in [0.717, 1.165) is 0 Å². The molecular weight excluding hydrogens is 415 g/mol. The second kappa shape index (κ2) is 9.57. The van der Waals surface area contributed by atoms with Gasteiger partial charge in [0.1, 0.15) is 0 Å². The van der Waals surface area contributed by atoms with Crippen LogP contribution in [0.5, 0.6) is 0 Å². The first kappa shape index (κ1) is 21.4. The van der Waals surface area contributed by atoms with Crippen LogP contribution in [-0.2, 0) is 0 Å². The molecule has 0 atom stereocenters. The number of hydrogen-bond acceptors (Lipinski definition) is 0. The Morgan fingerprint density at radius 3 is 1.15 bits per heavy atom. The molecule has 0 radical (unpaired) electrons. The molecular formula is C32H27P. The van der Waals surface area contributed by atoms with Crippen LogP contribution in [0.15, 0.2) is 127 Å². The van der Waals surface area contributed by atoms with E-state index in [1.54, 1.807) is 0 Å². The summed E-state index contributed by atoms with van der Waals surface area (Å²) in [5.74, 6) is 0. The molecule has 0 bridgehead atoms. The highest BCUT2D eigenvalue weighted by Gasteiger charge is 2.17. The molecule has 0 spiro atoms. The van der Waals surface area contributed by atoms with E-state index in [-0.39, 0.29) is 0 Å². The summed E-state index contributed by atoms with van der Waals surface area (Å²) in [6.07, 6.45) is 0. The molecule has 0 heterocycles. The Hall–Kier alpha value is -3.47. The van der Waals surface area contributed by atoms with Crippen molar-refractivity contribution < 1.29 is 0 Å². The molecule has 33 heavy (non-hydrogen) atoms. The van der Waals surface area contributed by atoms with Crippen molar-refractivity contribution in [2.75, 3.05) is 0 Å². The maximum atomic E-state index is 2.32. The van der Waals surface area contributed by atoms with Gasteiger partial charge >= 0.3 is 0 Å². The van der Waals surface area contributed by atoms with Gasteiger partial charge in [-0.05, 0) is 71.1 Å². The molecule has 0 aromatic heterocycles. The average Bonchev–Trinajstić information content (AvgIpc) is 2.87. The van der Waals surface area contributed by atoms with E-state index >= 15 is 0 Å². The SMILES string of the molecule is Cc1ccccc1-c1ccc(P(c2ccccc2)c2ccc(-c3ccccc3C)cc2)cc1. The van der Waals surface area contributed by atoms with Crippen LogP contribution < -0.4 is 15.9 Å². The van der Waals surface area contributed by atoms with Gasteiger partial charge in [0.15, 0.2) is 0 Å². The summed E-state index contributed by atoms with van der Waals surface area (Å²) in [5.41, 5.74) is 7.76. The van der Waals surface area contributed by atoms with Gasteiger partial charge in [0.05, 0.1) is 0 Å². The third-order valence-electron chi connectivity index (χ3n) is 6.18. The first-order valence-corrected chi connectivity index (χ1v) is 12.7. The molecule has 0 saturated carbocycles. The van der Waals surface area contributed by atoms with E-state index < -0.39 is 7.92 Å². The van der Waals surface area contributed by atoms with E-state index in [0.29, 0.717) is 0 Å². The number of rotatable bonds is 5. The van der Waals surface area contributed by atoms with Gasteiger partial charge in [-0.3, -0.25) is 0 Å². The zero-order valence-corrected chi connectivity index (χ0v) is 20.0. The molecule has 0 N–H and O–H groups in total. The first-order valence-electron chi connectivity index (χ1n) is 11.4. The quantitative estimate of drug-likeness (QED) is 0.249. The Morgan fingerprint density at radius 2 is 0.727 bits per heavy atom. The van der Waals surface area contributed by atoms with Crippen molar-refractivity contribution in [1.29, 1.82) is 0 Å². The minimum atomic E-state index is -0.624. The fourth-order valence-electron chi connectivity index (χ4n) is 4.40. The summed E-state index contributed by atoms with van der Waals surface area (Å²) in [7, 11) is -0.624. The van der Waals surface area contributed by atoms with E-state index in [1.807, 2.05) is 0 Å². The fourth-order valence-corrected chi connectivity index (χ4v) is 6.66. The summed E-state index contributed by atoms with van der Waals surface area (Å²) in [6.45, 7) is 4.35. The van der Waals surface area contributed by atoms with Crippen molar-refractivity contribution in [3.05, 3.63) is 139 Å². The van der Waals surface area contributed by atoms with Crippen molar-refractivity contribution >= 4 is 23.8 Å². The van der Waals surface area contributed by atoms with Crippen LogP contribution in [0.3, 0.4) is 0 Å². The second-order valence-electron chi connectivity index (χ2n) is 8.39. The lowest BCUT2D eigenvalue weighted by molar-refractivity contribution is 1.46. The highest BCUT2D eigenvalue weighted by Crippen LogP contribution is 2.35. The predicted octanol–water partition coefficient (Wildman–Crippen LogP) is 7.40. The summed E-state index contributed by atoms with van der Waals surface area (Å²) in [5, 5.41) is 4.12. The van der Waals surface area contributed by atoms with Crippen LogP contribution in [0.2, 0.25) is 0 Å². The summed E-state index contributed by atoms with van der Waals surface area (Å²) in [4.78, 5) is 0. The minimum Gasteiger partial charge on any atom is -0.0622 e. The molecule has 5 rings (SSSR count). The molecule has 0 aliphatic rings. The van der Waals surface area contributed by atoms with Crippen LogP contribution >= 0.6 is 7.92 Å². The molecule has 5 aromatic carbocycles. The second-order valence-corrected chi connectivity index (χ2v) is 10.6. The van der Waals surface area contributed by atoms with Crippen molar-refractivity contribution in [2.24, 2.45) is 0 Å². The Balaban J connectivity index is 1.54. The van der Waals surface area contributed by atoms with Gasteiger partial charge in [-0.25, -0.2) is 0 Å². The Bertz CT molecular complexity index is 1260. The highest BCUT2D eigenvalue weighted by molar-refractivity contribution is 7.79. The highest BCUT2D eigenvalue weighted by atomic mass is 31.1. The fraction of sp³-hybridized carbons (Fsp3) is 0.0625. The van der Waals surface area contributed by atoms with Crippen molar-refractivity contribution in [3.63, 3.8) is 0 Å². The third kappa shape index (κ3) is 4.54. The molecule has 0 saturated heterocycles. The maximum Gasteiger partial charge on any atom is -0.0134 e. The molecule has 0 fully saturated rings. The molecule has 0 amide bonds. The summed E-state index contributed by atoms with van der Waals surface area (Å²) in [6, 6.07) is 46.5. The van der Waals surface area contributed by atoms with E-state index in [9.17, 15) is 0 Å². The number of hydrogen-bond donors (Lipinski definition) is 0. The zero-order valence-electron chi connectivity index (χ0n) is 19.1. The molecule has 1 heteroatoms. The lowest BCUT2D eigenvalue weighted by Gasteiger charge is -2.20. The van der Waals surface area contributed by atoms with Crippen molar-refractivity contribution in [1.82, 2.24) is 0 Å². The van der Waals surface area contributed by atoms with Gasteiger partial charge in [-0.2, -0.15) is 0 Å². The van der Waals surface area contributed by atoms with Gasteiger partial charge in [0.2, 0.25) is 0 Å². The normalized spacial score (nSPS) is 11.0. The van der Waals surface area contributed by atoms with Crippen LogP contribution in [0.4, 0.5) is 0 Å². The summed E-state index contributed by atoms with van der Waals surface area (Å²) >= 11 is 0. The standard InChI is InChI=1S/C32H27P/c1-24-10-6-8-14-31(24)26-16-20-29(21-17-26)33(28-12-4-3-5-13-28)30-22-18-27(19-23-30)32-15-9-7-11-25(32)2/h3-23H,1-2H3. The van der Waals surface area contributed by atoms with Crippen LogP contribution in [-0.4, -0.2) is 0 Å². The number of aryl methyl sites for hydroxylation is 2. The first-order chi connectivity index (χ1) is 16.2. The van der Waals surface area contributed by atoms with Gasteiger partial charge in [0, 0.05) is 0 Å². The molecule has 0 aliphatic heterocycles. The van der Waals surface area contributed by atoms with Crippen LogP contribution in [0.25, 0.3) is 22.3 Å². The van der Waals surface area contributed by atoms with Crippen molar-refractivity contribution in [3.8, 4) is 22.3 Å². The Morgan fingerprint density at radius 1 is 0.364 bits per heavy atom. The van der Waals surface area contributed by atoms with Crippen molar-refractivity contribution in [2.45, 2.75) is 13.8 Å². The Kier molecular flexibility index (Phi) is 6.20. The smallest absolute Gasteiger partial charge is 0.0134 e. The maximum absolute atomic E-state index is 2.32. The molecule has 160 valence electrons.